The molecule has 8 nitrogen and oxygen atoms in total. The van der Waals surface area contributed by atoms with E-state index in [9.17, 15) is 22.8 Å². The van der Waals surface area contributed by atoms with Crippen molar-refractivity contribution >= 4 is 34.9 Å². The van der Waals surface area contributed by atoms with Crippen LogP contribution in [0.3, 0.4) is 0 Å². The van der Waals surface area contributed by atoms with Crippen LogP contribution in [0.15, 0.2) is 54.7 Å². The summed E-state index contributed by atoms with van der Waals surface area (Å²) in [6.45, 7) is -3.12. The van der Waals surface area contributed by atoms with Crippen LogP contribution in [0, 0.1) is 5.82 Å². The predicted molar refractivity (Wildman–Crippen MR) is 115 cm³/mol. The molecule has 2 aromatic carbocycles. The Morgan fingerprint density at radius 3 is 2.42 bits per heavy atom. The second-order valence-corrected chi connectivity index (χ2v) is 6.73. The fourth-order valence-electron chi connectivity index (χ4n) is 2.60. The number of aromatic nitrogens is 1. The number of nitrogens with zero attached hydrogens (tertiary/aromatic N) is 1. The summed E-state index contributed by atoms with van der Waals surface area (Å²) in [6.07, 6.45) is 1.36. The molecule has 0 saturated heterocycles. The van der Waals surface area contributed by atoms with E-state index in [1.54, 1.807) is 0 Å². The zero-order valence-corrected chi connectivity index (χ0v) is 17.6. The van der Waals surface area contributed by atoms with E-state index in [0.717, 1.165) is 12.1 Å². The summed E-state index contributed by atoms with van der Waals surface area (Å²) >= 11 is 5.83. The molecule has 0 radical (unpaired) electrons. The highest BCUT2D eigenvalue weighted by molar-refractivity contribution is 6.31. The fourth-order valence-corrected chi connectivity index (χ4v) is 2.77. The van der Waals surface area contributed by atoms with E-state index in [1.807, 2.05) is 0 Å². The van der Waals surface area contributed by atoms with Crippen molar-refractivity contribution in [3.8, 4) is 17.2 Å². The largest absolute Gasteiger partial charge is 0.457 e. The van der Waals surface area contributed by atoms with E-state index in [1.165, 1.54) is 49.6 Å². The maximum absolute atomic E-state index is 14.5. The Balaban J connectivity index is 1.69. The van der Waals surface area contributed by atoms with E-state index < -0.39 is 24.4 Å². The molecular weight excluding hydrogens is 465 g/mol. The molecule has 0 bridgehead atoms. The maximum Gasteiger partial charge on any atom is 0.387 e. The smallest absolute Gasteiger partial charge is 0.387 e. The van der Waals surface area contributed by atoms with Crippen molar-refractivity contribution < 1.29 is 32.2 Å². The highest BCUT2D eigenvalue weighted by Crippen LogP contribution is 2.30. The Morgan fingerprint density at radius 1 is 1.00 bits per heavy atom. The van der Waals surface area contributed by atoms with Crippen LogP contribution in [0.5, 0.6) is 17.2 Å². The molecule has 0 saturated carbocycles. The van der Waals surface area contributed by atoms with Crippen LogP contribution >= 0.6 is 11.6 Å². The lowest BCUT2D eigenvalue weighted by atomic mass is 10.2. The second kappa shape index (κ2) is 10.6. The van der Waals surface area contributed by atoms with Gasteiger partial charge in [-0.2, -0.15) is 8.78 Å². The van der Waals surface area contributed by atoms with E-state index >= 15 is 0 Å². The van der Waals surface area contributed by atoms with Crippen molar-refractivity contribution in [3.63, 3.8) is 0 Å². The van der Waals surface area contributed by atoms with Gasteiger partial charge in [-0.15, -0.1) is 0 Å². The lowest BCUT2D eigenvalue weighted by Crippen LogP contribution is -2.21. The molecule has 0 unspecified atom stereocenters. The molecule has 3 N–H and O–H groups in total. The monoisotopic (exact) mass is 480 g/mol. The summed E-state index contributed by atoms with van der Waals surface area (Å²) in [7, 11) is 1.45. The zero-order valence-electron chi connectivity index (χ0n) is 16.9. The first-order chi connectivity index (χ1) is 15.7. The molecule has 0 aliphatic rings. The van der Waals surface area contributed by atoms with Gasteiger partial charge in [-0.1, -0.05) is 11.6 Å². The van der Waals surface area contributed by atoms with Crippen molar-refractivity contribution in [3.05, 3.63) is 71.3 Å². The van der Waals surface area contributed by atoms with E-state index in [4.69, 9.17) is 16.3 Å². The van der Waals surface area contributed by atoms with E-state index in [2.05, 4.69) is 25.7 Å². The average molecular weight is 481 g/mol. The van der Waals surface area contributed by atoms with Crippen LogP contribution in [-0.4, -0.2) is 30.6 Å². The second-order valence-electron chi connectivity index (χ2n) is 6.30. The van der Waals surface area contributed by atoms with Crippen molar-refractivity contribution in [2.75, 3.05) is 17.7 Å². The molecule has 0 atom stereocenters. The summed E-state index contributed by atoms with van der Waals surface area (Å²) < 4.78 is 49.4. The molecule has 3 aromatic rings. The third-order valence-electron chi connectivity index (χ3n) is 4.02. The summed E-state index contributed by atoms with van der Waals surface area (Å²) in [5.74, 6) is -1.23. The number of alkyl halides is 2. The molecule has 12 heteroatoms. The molecule has 3 amide bonds. The van der Waals surface area contributed by atoms with Gasteiger partial charge in [0.05, 0.1) is 11.4 Å². The summed E-state index contributed by atoms with van der Waals surface area (Å²) in [5, 5.41) is 7.11. The van der Waals surface area contributed by atoms with Crippen LogP contribution in [0.25, 0.3) is 0 Å². The first kappa shape index (κ1) is 23.7. The number of nitrogens with one attached hydrogen (secondary N) is 3. The number of amides is 3. The maximum atomic E-state index is 14.5. The molecular formula is C21H16ClF3N4O4. The minimum Gasteiger partial charge on any atom is -0.457 e. The molecule has 0 aliphatic heterocycles. The van der Waals surface area contributed by atoms with Crippen LogP contribution in [-0.2, 0) is 0 Å². The van der Waals surface area contributed by atoms with Crippen LogP contribution < -0.4 is 25.4 Å². The SMILES string of the molecule is CNC(=O)c1cc(Oc2ccc(NC(=O)Nc3cc(Cl)ccc3OC(F)F)c(F)c2)ccn1. The van der Waals surface area contributed by atoms with Gasteiger partial charge in [-0.25, -0.2) is 9.18 Å². The number of benzene rings is 2. The Kier molecular flexibility index (Phi) is 7.57. The molecule has 0 spiro atoms. The normalized spacial score (nSPS) is 10.5. The van der Waals surface area contributed by atoms with Crippen LogP contribution in [0.4, 0.5) is 29.3 Å². The standard InChI is InChI=1S/C21H16ClF3N4O4/c1-26-19(30)17-10-13(6-7-27-17)32-12-3-4-15(14(23)9-12)28-21(31)29-16-8-11(22)2-5-18(16)33-20(24)25/h2-10,20H,1H3,(H,26,30)(H2,28,29,31). The van der Waals surface area contributed by atoms with Gasteiger partial charge in [0.2, 0.25) is 0 Å². The molecule has 0 aliphatic carbocycles. The van der Waals surface area contributed by atoms with Crippen LogP contribution in [0.2, 0.25) is 5.02 Å². The number of ether oxygens (including phenoxy) is 2. The molecule has 1 aromatic heterocycles. The number of anilines is 2. The first-order valence-corrected chi connectivity index (χ1v) is 9.61. The lowest BCUT2D eigenvalue weighted by molar-refractivity contribution is -0.0493. The number of hydrogen-bond donors (Lipinski definition) is 3. The van der Waals surface area contributed by atoms with Gasteiger partial charge in [-0.3, -0.25) is 9.78 Å². The highest BCUT2D eigenvalue weighted by atomic mass is 35.5. The van der Waals surface area contributed by atoms with E-state index in [0.29, 0.717) is 0 Å². The number of hydrogen-bond acceptors (Lipinski definition) is 5. The van der Waals surface area contributed by atoms with Gasteiger partial charge >= 0.3 is 12.6 Å². The minimum atomic E-state index is -3.12. The number of halogens is 4. The van der Waals surface area contributed by atoms with Gasteiger partial charge in [-0.05, 0) is 36.4 Å². The van der Waals surface area contributed by atoms with E-state index in [-0.39, 0.29) is 39.3 Å². The Labute approximate surface area is 190 Å². The van der Waals surface area contributed by atoms with Crippen molar-refractivity contribution in [1.29, 1.82) is 0 Å². The molecule has 0 fully saturated rings. The molecule has 33 heavy (non-hydrogen) atoms. The van der Waals surface area contributed by atoms with Gasteiger partial charge in [0.25, 0.3) is 5.91 Å². The molecule has 3 rings (SSSR count). The number of carbonyl (C=O) groups is 2. The van der Waals surface area contributed by atoms with Crippen molar-refractivity contribution in [2.24, 2.45) is 0 Å². The number of pyridine rings is 1. The van der Waals surface area contributed by atoms with Crippen LogP contribution in [0.1, 0.15) is 10.5 Å². The number of rotatable bonds is 7. The minimum absolute atomic E-state index is 0.0926. The molecule has 1 heterocycles. The van der Waals surface area contributed by atoms with Gasteiger partial charge in [0.1, 0.15) is 28.8 Å². The highest BCUT2D eigenvalue weighted by Gasteiger charge is 2.15. The summed E-state index contributed by atoms with van der Waals surface area (Å²) in [5.41, 5.74) is -0.231. The number of urea groups is 1. The lowest BCUT2D eigenvalue weighted by Gasteiger charge is -2.14. The third-order valence-corrected chi connectivity index (χ3v) is 4.26. The fraction of sp³-hybridized carbons (Fsp3) is 0.0952. The Hall–Kier alpha value is -3.99. The van der Waals surface area contributed by atoms with Crippen molar-refractivity contribution in [2.45, 2.75) is 6.61 Å². The quantitative estimate of drug-likeness (QED) is 0.427. The van der Waals surface area contributed by atoms with Gasteiger partial charge in [0, 0.05) is 30.4 Å². The first-order valence-electron chi connectivity index (χ1n) is 9.23. The van der Waals surface area contributed by atoms with Gasteiger partial charge in [0.15, 0.2) is 0 Å². The number of carbonyl (C=O) groups excluding carboxylic acids is 2. The van der Waals surface area contributed by atoms with Crippen molar-refractivity contribution in [1.82, 2.24) is 10.3 Å². The van der Waals surface area contributed by atoms with Gasteiger partial charge < -0.3 is 25.4 Å². The Bertz CT molecular complexity index is 1180. The average Bonchev–Trinajstić information content (AvgIpc) is 2.77. The topological polar surface area (TPSA) is 102 Å². The predicted octanol–water partition coefficient (Wildman–Crippen LogP) is 5.27. The zero-order chi connectivity index (χ0) is 24.0. The molecule has 172 valence electrons. The Morgan fingerprint density at radius 2 is 1.73 bits per heavy atom. The summed E-state index contributed by atoms with van der Waals surface area (Å²) in [6, 6.07) is 9.23. The third kappa shape index (κ3) is 6.50. The summed E-state index contributed by atoms with van der Waals surface area (Å²) in [4.78, 5) is 27.8.